The third kappa shape index (κ3) is 5.84. The van der Waals surface area contributed by atoms with E-state index in [0.29, 0.717) is 31.4 Å². The lowest BCUT2D eigenvalue weighted by Crippen LogP contribution is -2.19. The highest BCUT2D eigenvalue weighted by atomic mass is 79.9. The summed E-state index contributed by atoms with van der Waals surface area (Å²) in [6, 6.07) is 13.2. The van der Waals surface area contributed by atoms with E-state index in [0.717, 1.165) is 26.9 Å². The second-order valence-electron chi connectivity index (χ2n) is 7.60. The lowest BCUT2D eigenvalue weighted by atomic mass is 10.1. The summed E-state index contributed by atoms with van der Waals surface area (Å²) in [6.45, 7) is 4.17. The van der Waals surface area contributed by atoms with Crippen molar-refractivity contribution >= 4 is 73.7 Å². The van der Waals surface area contributed by atoms with Gasteiger partial charge in [-0.05, 0) is 90.3 Å². The van der Waals surface area contributed by atoms with Gasteiger partial charge in [-0.3, -0.25) is 4.79 Å². The first kappa shape index (κ1) is 24.8. The van der Waals surface area contributed by atoms with Crippen LogP contribution in [0.4, 0.5) is 10.1 Å². The van der Waals surface area contributed by atoms with Crippen LogP contribution in [0.3, 0.4) is 0 Å². The molecule has 34 heavy (non-hydrogen) atoms. The number of aliphatic imine (C=N–C) groups is 1. The quantitative estimate of drug-likeness (QED) is 0.312. The first-order valence-corrected chi connectivity index (χ1v) is 12.5. The summed E-state index contributed by atoms with van der Waals surface area (Å²) in [7, 11) is 0. The molecule has 1 heterocycles. The number of ether oxygens (including phenoxy) is 1. The number of carbonyl (C=O) groups is 1. The number of hydrogen-bond acceptors (Lipinski definition) is 4. The van der Waals surface area contributed by atoms with Crippen LogP contribution in [0.25, 0.3) is 6.08 Å². The minimum atomic E-state index is -0.318. The number of amidine groups is 1. The third-order valence-corrected chi connectivity index (χ3v) is 7.64. The van der Waals surface area contributed by atoms with Gasteiger partial charge in [-0.2, -0.15) is 0 Å². The van der Waals surface area contributed by atoms with Crippen molar-refractivity contribution in [2.45, 2.75) is 20.5 Å². The van der Waals surface area contributed by atoms with Gasteiger partial charge in [0.05, 0.1) is 20.6 Å². The molecule has 0 unspecified atom stereocenters. The number of amides is 1. The summed E-state index contributed by atoms with van der Waals surface area (Å²) < 4.78 is 19.8. The molecule has 4 nitrogen and oxygen atoms in total. The Hall–Kier alpha value is -2.32. The summed E-state index contributed by atoms with van der Waals surface area (Å²) in [5.41, 5.74) is 4.32. The van der Waals surface area contributed by atoms with Gasteiger partial charge in [0.1, 0.15) is 12.4 Å². The fourth-order valence-electron chi connectivity index (χ4n) is 3.27. The second kappa shape index (κ2) is 10.5. The SMILES string of the molecule is Cc1cc(N=C2NC(=O)/C(=C/c3cc(Cl)c(OCc4ccc(F)cc4)c(Cl)c3)S2)cc(C)c1Br. The fourth-order valence-corrected chi connectivity index (χ4v) is 4.96. The normalized spacial score (nSPS) is 15.8. The van der Waals surface area contributed by atoms with Crippen molar-refractivity contribution in [3.8, 4) is 5.75 Å². The summed E-state index contributed by atoms with van der Waals surface area (Å²) >= 11 is 17.6. The molecule has 1 amide bonds. The van der Waals surface area contributed by atoms with Gasteiger partial charge in [0.15, 0.2) is 10.9 Å². The molecule has 0 atom stereocenters. The van der Waals surface area contributed by atoms with Gasteiger partial charge in [0.25, 0.3) is 5.91 Å². The highest BCUT2D eigenvalue weighted by Crippen LogP contribution is 2.37. The minimum Gasteiger partial charge on any atom is -0.486 e. The Morgan fingerprint density at radius 2 is 1.71 bits per heavy atom. The molecule has 1 fully saturated rings. The molecule has 9 heteroatoms. The molecule has 174 valence electrons. The van der Waals surface area contributed by atoms with Crippen molar-refractivity contribution in [3.05, 3.63) is 96.0 Å². The van der Waals surface area contributed by atoms with Gasteiger partial charge >= 0.3 is 0 Å². The molecular weight excluding hydrogens is 562 g/mol. The Balaban J connectivity index is 1.51. The topological polar surface area (TPSA) is 50.7 Å². The van der Waals surface area contributed by atoms with Crippen molar-refractivity contribution in [2.75, 3.05) is 0 Å². The molecule has 4 rings (SSSR count). The van der Waals surface area contributed by atoms with Crippen LogP contribution in [0.15, 0.2) is 62.9 Å². The second-order valence-corrected chi connectivity index (χ2v) is 10.2. The first-order chi connectivity index (χ1) is 16.2. The van der Waals surface area contributed by atoms with E-state index in [-0.39, 0.29) is 18.3 Å². The van der Waals surface area contributed by atoms with Crippen molar-refractivity contribution in [3.63, 3.8) is 0 Å². The predicted octanol–water partition coefficient (Wildman–Crippen LogP) is 7.98. The van der Waals surface area contributed by atoms with Gasteiger partial charge in [-0.1, -0.05) is 51.3 Å². The number of nitrogens with one attached hydrogen (secondary N) is 1. The Kier molecular flexibility index (Phi) is 7.67. The molecule has 1 aliphatic rings. The van der Waals surface area contributed by atoms with E-state index < -0.39 is 0 Å². The van der Waals surface area contributed by atoms with E-state index in [4.69, 9.17) is 27.9 Å². The molecule has 0 spiro atoms. The number of nitrogens with zero attached hydrogens (tertiary/aromatic N) is 1. The molecule has 1 N–H and O–H groups in total. The lowest BCUT2D eigenvalue weighted by Gasteiger charge is -2.11. The highest BCUT2D eigenvalue weighted by molar-refractivity contribution is 9.10. The van der Waals surface area contributed by atoms with Gasteiger partial charge in [0, 0.05) is 4.47 Å². The van der Waals surface area contributed by atoms with Crippen LogP contribution < -0.4 is 10.1 Å². The number of aryl methyl sites for hydroxylation is 2. The highest BCUT2D eigenvalue weighted by Gasteiger charge is 2.24. The Morgan fingerprint density at radius 3 is 2.32 bits per heavy atom. The maximum Gasteiger partial charge on any atom is 0.264 e. The van der Waals surface area contributed by atoms with Crippen LogP contribution in [0.5, 0.6) is 5.75 Å². The molecule has 3 aromatic rings. The fraction of sp³-hybridized carbons (Fsp3) is 0.120. The first-order valence-electron chi connectivity index (χ1n) is 10.1. The summed E-state index contributed by atoms with van der Waals surface area (Å²) in [5, 5.41) is 3.89. The van der Waals surface area contributed by atoms with Gasteiger partial charge < -0.3 is 10.1 Å². The average molecular weight is 580 g/mol. The Bertz CT molecular complexity index is 1300. The van der Waals surface area contributed by atoms with Crippen molar-refractivity contribution in [1.29, 1.82) is 0 Å². The maximum absolute atomic E-state index is 13.1. The molecule has 0 aliphatic carbocycles. The number of rotatable bonds is 5. The standard InChI is InChI=1S/C25H18BrCl2FN2O2S/c1-13-7-18(8-14(2)22(13)26)30-25-31-24(32)21(34-25)11-16-9-19(27)23(20(28)10-16)33-12-15-3-5-17(29)6-4-15/h3-11H,12H2,1-2H3,(H,30,31,32)/b21-11-. The van der Waals surface area contributed by atoms with E-state index >= 15 is 0 Å². The number of benzene rings is 3. The summed E-state index contributed by atoms with van der Waals surface area (Å²) in [6.07, 6.45) is 1.70. The van der Waals surface area contributed by atoms with Crippen molar-refractivity contribution < 1.29 is 13.9 Å². The van der Waals surface area contributed by atoms with Gasteiger partial charge in [-0.25, -0.2) is 9.38 Å². The average Bonchev–Trinajstić information content (AvgIpc) is 3.11. The largest absolute Gasteiger partial charge is 0.486 e. The maximum atomic E-state index is 13.1. The van der Waals surface area contributed by atoms with Gasteiger partial charge in [-0.15, -0.1) is 0 Å². The number of carbonyl (C=O) groups excluding carboxylic acids is 1. The Labute approximate surface area is 219 Å². The van der Waals surface area contributed by atoms with Crippen LogP contribution in [-0.4, -0.2) is 11.1 Å². The molecule has 1 aliphatic heterocycles. The van der Waals surface area contributed by atoms with Crippen LogP contribution in [0, 0.1) is 19.7 Å². The monoisotopic (exact) mass is 578 g/mol. The van der Waals surface area contributed by atoms with Crippen LogP contribution in [-0.2, 0) is 11.4 Å². The minimum absolute atomic E-state index is 0.188. The predicted molar refractivity (Wildman–Crippen MR) is 142 cm³/mol. The molecule has 0 radical (unpaired) electrons. The van der Waals surface area contributed by atoms with Crippen LogP contribution in [0.1, 0.15) is 22.3 Å². The van der Waals surface area contributed by atoms with E-state index in [1.807, 2.05) is 26.0 Å². The zero-order chi connectivity index (χ0) is 24.4. The summed E-state index contributed by atoms with van der Waals surface area (Å²) in [4.78, 5) is 17.5. The number of hydrogen-bond donors (Lipinski definition) is 1. The molecule has 1 saturated heterocycles. The van der Waals surface area contributed by atoms with E-state index in [1.54, 1.807) is 30.3 Å². The molecule has 0 aromatic heterocycles. The smallest absolute Gasteiger partial charge is 0.264 e. The molecule has 0 bridgehead atoms. The van der Waals surface area contributed by atoms with Crippen LogP contribution in [0.2, 0.25) is 10.0 Å². The molecule has 0 saturated carbocycles. The number of thioether (sulfide) groups is 1. The molecular formula is C25H18BrCl2FN2O2S. The van der Waals surface area contributed by atoms with Crippen LogP contribution >= 0.6 is 50.9 Å². The van der Waals surface area contributed by atoms with E-state index in [9.17, 15) is 9.18 Å². The summed E-state index contributed by atoms with van der Waals surface area (Å²) in [5.74, 6) is -0.249. The lowest BCUT2D eigenvalue weighted by molar-refractivity contribution is -0.115. The third-order valence-electron chi connectivity index (χ3n) is 4.92. The van der Waals surface area contributed by atoms with E-state index in [1.165, 1.54) is 23.9 Å². The zero-order valence-electron chi connectivity index (χ0n) is 18.1. The molecule has 3 aromatic carbocycles. The van der Waals surface area contributed by atoms with E-state index in [2.05, 4.69) is 26.2 Å². The van der Waals surface area contributed by atoms with Crippen molar-refractivity contribution in [2.24, 2.45) is 4.99 Å². The Morgan fingerprint density at radius 1 is 1.09 bits per heavy atom. The zero-order valence-corrected chi connectivity index (χ0v) is 22.0. The van der Waals surface area contributed by atoms with Crippen molar-refractivity contribution in [1.82, 2.24) is 5.32 Å². The number of halogens is 4. The van der Waals surface area contributed by atoms with Gasteiger partial charge in [0.2, 0.25) is 0 Å².